The molecule has 1 saturated carbocycles. The van der Waals surface area contributed by atoms with Crippen molar-refractivity contribution in [2.75, 3.05) is 13.1 Å². The van der Waals surface area contributed by atoms with Crippen molar-refractivity contribution < 1.29 is 4.79 Å². The Labute approximate surface area is 131 Å². The number of hydrogen-bond acceptors (Lipinski definition) is 1. The van der Waals surface area contributed by atoms with Crippen LogP contribution < -0.4 is 0 Å². The van der Waals surface area contributed by atoms with E-state index in [1.165, 1.54) is 19.3 Å². The van der Waals surface area contributed by atoms with Gasteiger partial charge in [0.2, 0.25) is 5.91 Å². The zero-order valence-corrected chi connectivity index (χ0v) is 14.6. The van der Waals surface area contributed by atoms with Gasteiger partial charge in [-0.15, -0.1) is 0 Å². The summed E-state index contributed by atoms with van der Waals surface area (Å²) in [6.45, 7) is 12.8. The van der Waals surface area contributed by atoms with Crippen LogP contribution in [0.1, 0.15) is 60.3 Å². The molecule has 0 spiro atoms. The Morgan fingerprint density at radius 1 is 1.38 bits per heavy atom. The van der Waals surface area contributed by atoms with Crippen LogP contribution in [0.5, 0.6) is 0 Å². The summed E-state index contributed by atoms with van der Waals surface area (Å²) in [5, 5.41) is 0. The summed E-state index contributed by atoms with van der Waals surface area (Å²) in [7, 11) is 0. The van der Waals surface area contributed by atoms with Crippen molar-refractivity contribution in [3.05, 3.63) is 11.6 Å². The molecule has 5 atom stereocenters. The van der Waals surface area contributed by atoms with Gasteiger partial charge in [0.1, 0.15) is 0 Å². The average Bonchev–Trinajstić information content (AvgIpc) is 3.22. The molecule has 21 heavy (non-hydrogen) atoms. The van der Waals surface area contributed by atoms with E-state index in [2.05, 4.69) is 45.6 Å². The first-order valence-electron chi connectivity index (χ1n) is 8.93. The van der Waals surface area contributed by atoms with Gasteiger partial charge in [0.15, 0.2) is 0 Å². The third-order valence-electron chi connectivity index (χ3n) is 5.80. The van der Waals surface area contributed by atoms with Crippen LogP contribution in [-0.2, 0) is 4.79 Å². The molecule has 0 bridgehead atoms. The number of rotatable bonds is 6. The second-order valence-corrected chi connectivity index (χ2v) is 7.42. The van der Waals surface area contributed by atoms with Gasteiger partial charge in [-0.25, -0.2) is 0 Å². The van der Waals surface area contributed by atoms with E-state index in [-0.39, 0.29) is 5.92 Å². The highest BCUT2D eigenvalue weighted by Gasteiger charge is 2.45. The fourth-order valence-corrected chi connectivity index (χ4v) is 4.07. The molecule has 2 aliphatic carbocycles. The highest BCUT2D eigenvalue weighted by Crippen LogP contribution is 2.51. The van der Waals surface area contributed by atoms with Crippen LogP contribution in [-0.4, -0.2) is 23.9 Å². The summed E-state index contributed by atoms with van der Waals surface area (Å²) in [4.78, 5) is 14.5. The third-order valence-corrected chi connectivity index (χ3v) is 5.80. The minimum Gasteiger partial charge on any atom is -0.342 e. The molecule has 0 aliphatic heterocycles. The van der Waals surface area contributed by atoms with E-state index in [4.69, 9.17) is 0 Å². The second kappa shape index (κ2) is 6.98. The molecule has 0 N–H and O–H groups in total. The molecular weight excluding hydrogens is 258 g/mol. The lowest BCUT2D eigenvalue weighted by molar-refractivity contribution is -0.135. The van der Waals surface area contributed by atoms with Gasteiger partial charge in [-0.3, -0.25) is 4.79 Å². The largest absolute Gasteiger partial charge is 0.342 e. The van der Waals surface area contributed by atoms with Crippen LogP contribution in [0.25, 0.3) is 0 Å². The van der Waals surface area contributed by atoms with E-state index in [9.17, 15) is 4.79 Å². The van der Waals surface area contributed by atoms with E-state index in [0.717, 1.165) is 43.2 Å². The molecule has 0 aromatic rings. The van der Waals surface area contributed by atoms with Crippen molar-refractivity contribution in [3.8, 4) is 0 Å². The van der Waals surface area contributed by atoms with Gasteiger partial charge in [0, 0.05) is 19.0 Å². The monoisotopic (exact) mass is 291 g/mol. The maximum Gasteiger partial charge on any atom is 0.225 e. The van der Waals surface area contributed by atoms with Crippen LogP contribution in [0, 0.1) is 29.6 Å². The lowest BCUT2D eigenvalue weighted by atomic mass is 9.78. The van der Waals surface area contributed by atoms with Crippen molar-refractivity contribution in [1.29, 1.82) is 0 Å². The molecule has 0 aromatic heterocycles. The fraction of sp³-hybridized carbons (Fsp3) is 0.842. The van der Waals surface area contributed by atoms with E-state index in [1.807, 2.05) is 0 Å². The maximum atomic E-state index is 12.4. The third kappa shape index (κ3) is 3.90. The molecule has 0 saturated heterocycles. The lowest BCUT2D eigenvalue weighted by Gasteiger charge is -2.29. The quantitative estimate of drug-likeness (QED) is 0.659. The van der Waals surface area contributed by atoms with Gasteiger partial charge in [0.05, 0.1) is 0 Å². The smallest absolute Gasteiger partial charge is 0.225 e. The topological polar surface area (TPSA) is 20.3 Å². The van der Waals surface area contributed by atoms with Crippen molar-refractivity contribution in [3.63, 3.8) is 0 Å². The molecule has 1 fully saturated rings. The van der Waals surface area contributed by atoms with Crippen molar-refractivity contribution in [1.82, 2.24) is 4.90 Å². The minimum atomic E-state index is 0.182. The first-order chi connectivity index (χ1) is 9.97. The number of amides is 1. The van der Waals surface area contributed by atoms with Crippen molar-refractivity contribution in [2.24, 2.45) is 29.6 Å². The fourth-order valence-electron chi connectivity index (χ4n) is 4.07. The van der Waals surface area contributed by atoms with E-state index in [0.29, 0.717) is 5.91 Å². The molecule has 2 aliphatic rings. The van der Waals surface area contributed by atoms with E-state index >= 15 is 0 Å². The predicted molar refractivity (Wildman–Crippen MR) is 89.0 cm³/mol. The van der Waals surface area contributed by atoms with E-state index in [1.54, 1.807) is 5.57 Å². The van der Waals surface area contributed by atoms with Gasteiger partial charge < -0.3 is 4.90 Å². The average molecular weight is 291 g/mol. The number of nitrogens with zero attached hydrogens (tertiary/aromatic N) is 1. The molecule has 0 heterocycles. The molecule has 120 valence electrons. The van der Waals surface area contributed by atoms with Gasteiger partial charge >= 0.3 is 0 Å². The van der Waals surface area contributed by atoms with Gasteiger partial charge in [-0.2, -0.15) is 0 Å². The zero-order valence-electron chi connectivity index (χ0n) is 14.6. The Balaban J connectivity index is 1.87. The number of hydrogen-bond donors (Lipinski definition) is 0. The van der Waals surface area contributed by atoms with Crippen LogP contribution >= 0.6 is 0 Å². The highest BCUT2D eigenvalue weighted by molar-refractivity contribution is 5.78. The molecule has 2 heteroatoms. The highest BCUT2D eigenvalue weighted by atomic mass is 16.2. The normalized spacial score (nSPS) is 33.3. The van der Waals surface area contributed by atoms with Crippen LogP contribution in [0.2, 0.25) is 0 Å². The summed E-state index contributed by atoms with van der Waals surface area (Å²) >= 11 is 0. The van der Waals surface area contributed by atoms with E-state index < -0.39 is 0 Å². The Morgan fingerprint density at radius 3 is 2.67 bits per heavy atom. The summed E-state index contributed by atoms with van der Waals surface area (Å²) in [5.74, 6) is 3.75. The van der Waals surface area contributed by atoms with Crippen LogP contribution in [0.4, 0.5) is 0 Å². The molecule has 5 unspecified atom stereocenters. The second-order valence-electron chi connectivity index (χ2n) is 7.42. The summed E-state index contributed by atoms with van der Waals surface area (Å²) < 4.78 is 0. The Bertz CT molecular complexity index is 400. The molecule has 0 aromatic carbocycles. The van der Waals surface area contributed by atoms with Gasteiger partial charge in [0.25, 0.3) is 0 Å². The Hall–Kier alpha value is -0.790. The van der Waals surface area contributed by atoms with Crippen molar-refractivity contribution in [2.45, 2.75) is 60.3 Å². The number of allylic oxidation sites excluding steroid dienone is 2. The number of carbonyl (C=O) groups excluding carboxylic acids is 1. The molecule has 2 rings (SSSR count). The van der Waals surface area contributed by atoms with Gasteiger partial charge in [-0.05, 0) is 63.2 Å². The lowest BCUT2D eigenvalue weighted by Crippen LogP contribution is -2.37. The summed E-state index contributed by atoms with van der Waals surface area (Å²) in [5.41, 5.74) is 1.57. The standard InChI is InChI=1S/C19H33NO/c1-6-14(4)19(21)20(7-2)12-16-11-18(16)17-9-8-13(3)10-15(17)5/h10,14-18H,6-9,11-12H2,1-5H3. The minimum absolute atomic E-state index is 0.182. The Morgan fingerprint density at radius 2 is 2.10 bits per heavy atom. The summed E-state index contributed by atoms with van der Waals surface area (Å²) in [6, 6.07) is 0. The predicted octanol–water partition coefficient (Wildman–Crippen LogP) is 4.51. The molecule has 1 amide bonds. The zero-order chi connectivity index (χ0) is 15.6. The van der Waals surface area contributed by atoms with Gasteiger partial charge in [-0.1, -0.05) is 32.4 Å². The van der Waals surface area contributed by atoms with Crippen LogP contribution in [0.15, 0.2) is 11.6 Å². The maximum absolute atomic E-state index is 12.4. The Kier molecular flexibility index (Phi) is 5.51. The summed E-state index contributed by atoms with van der Waals surface area (Å²) in [6.07, 6.45) is 7.41. The molecular formula is C19H33NO. The first-order valence-corrected chi connectivity index (χ1v) is 8.93. The first kappa shape index (κ1) is 16.6. The van der Waals surface area contributed by atoms with Crippen LogP contribution in [0.3, 0.4) is 0 Å². The number of carbonyl (C=O) groups is 1. The molecule has 0 radical (unpaired) electrons. The van der Waals surface area contributed by atoms with Crippen molar-refractivity contribution >= 4 is 5.91 Å². The SMILES string of the molecule is CCC(C)C(=O)N(CC)CC1CC1C1CCC(C)=CC1C. The molecule has 2 nitrogen and oxygen atoms in total.